The van der Waals surface area contributed by atoms with E-state index >= 15 is 0 Å². The molecule has 19 heavy (non-hydrogen) atoms. The van der Waals surface area contributed by atoms with Gasteiger partial charge in [-0.15, -0.1) is 0 Å². The maximum absolute atomic E-state index is 14.2. The molecule has 1 fully saturated rings. The highest BCUT2D eigenvalue weighted by Crippen LogP contribution is 2.29. The fourth-order valence-electron chi connectivity index (χ4n) is 2.64. The summed E-state index contributed by atoms with van der Waals surface area (Å²) >= 11 is 0. The molecule has 0 radical (unpaired) electrons. The Kier molecular flexibility index (Phi) is 4.88. The molecule has 2 unspecified atom stereocenters. The van der Waals surface area contributed by atoms with E-state index in [9.17, 15) is 8.78 Å². The number of nitrogens with one attached hydrogen (secondary N) is 1. The van der Waals surface area contributed by atoms with E-state index in [4.69, 9.17) is 4.74 Å². The molecular formula is C15H21F2NO. The summed E-state index contributed by atoms with van der Waals surface area (Å²) in [5.74, 6) is -0.920. The van der Waals surface area contributed by atoms with Crippen LogP contribution in [-0.4, -0.2) is 19.3 Å². The molecule has 0 aromatic heterocycles. The van der Waals surface area contributed by atoms with Crippen molar-refractivity contribution in [3.8, 4) is 0 Å². The third-order valence-corrected chi connectivity index (χ3v) is 3.64. The summed E-state index contributed by atoms with van der Waals surface area (Å²) in [6.07, 6.45) is 2.72. The van der Waals surface area contributed by atoms with E-state index in [2.05, 4.69) is 5.32 Å². The Labute approximate surface area is 113 Å². The number of rotatable bonds is 5. The minimum absolute atomic E-state index is 0.100. The predicted octanol–water partition coefficient (Wildman–Crippen LogP) is 3.49. The van der Waals surface area contributed by atoms with E-state index in [-0.39, 0.29) is 17.7 Å². The van der Waals surface area contributed by atoms with Gasteiger partial charge in [0.15, 0.2) is 0 Å². The fraction of sp³-hybridized carbons (Fsp3) is 0.600. The van der Waals surface area contributed by atoms with Crippen LogP contribution < -0.4 is 5.32 Å². The number of ether oxygens (including phenoxy) is 1. The second-order valence-electron chi connectivity index (χ2n) is 5.07. The molecule has 1 aliphatic heterocycles. The Morgan fingerprint density at radius 3 is 2.84 bits per heavy atom. The van der Waals surface area contributed by atoms with Gasteiger partial charge in [-0.25, -0.2) is 8.78 Å². The Morgan fingerprint density at radius 1 is 1.42 bits per heavy atom. The molecule has 2 nitrogen and oxygen atoms in total. The molecule has 0 spiro atoms. The van der Waals surface area contributed by atoms with Crippen molar-refractivity contribution in [1.29, 1.82) is 0 Å². The fourth-order valence-corrected chi connectivity index (χ4v) is 2.64. The van der Waals surface area contributed by atoms with E-state index in [1.165, 1.54) is 12.1 Å². The van der Waals surface area contributed by atoms with Crippen LogP contribution in [0.1, 0.15) is 43.4 Å². The van der Waals surface area contributed by atoms with E-state index < -0.39 is 11.6 Å². The van der Waals surface area contributed by atoms with Gasteiger partial charge in [0.05, 0.1) is 6.10 Å². The number of hydrogen-bond donors (Lipinski definition) is 1. The van der Waals surface area contributed by atoms with Crippen LogP contribution in [0.3, 0.4) is 0 Å². The molecule has 1 aromatic carbocycles. The summed E-state index contributed by atoms with van der Waals surface area (Å²) in [5, 5.41) is 3.17. The zero-order chi connectivity index (χ0) is 13.8. The first kappa shape index (κ1) is 14.4. The smallest absolute Gasteiger partial charge is 0.133 e. The number of halogens is 2. The average Bonchev–Trinajstić information content (AvgIpc) is 2.87. The highest BCUT2D eigenvalue weighted by molar-refractivity contribution is 5.29. The molecule has 2 atom stereocenters. The van der Waals surface area contributed by atoms with Gasteiger partial charge in [-0.2, -0.15) is 0 Å². The first-order valence-electron chi connectivity index (χ1n) is 6.93. The normalized spacial score (nSPS) is 20.7. The third kappa shape index (κ3) is 3.31. The van der Waals surface area contributed by atoms with Crippen LogP contribution in [0.2, 0.25) is 0 Å². The molecule has 1 N–H and O–H groups in total. The molecule has 0 saturated carbocycles. The molecule has 1 saturated heterocycles. The van der Waals surface area contributed by atoms with Gasteiger partial charge in [0, 0.05) is 18.2 Å². The van der Waals surface area contributed by atoms with Crippen LogP contribution in [0.5, 0.6) is 0 Å². The van der Waals surface area contributed by atoms with Gasteiger partial charge < -0.3 is 10.1 Å². The summed E-state index contributed by atoms with van der Waals surface area (Å²) < 4.78 is 33.7. The van der Waals surface area contributed by atoms with E-state index in [1.807, 2.05) is 6.92 Å². The van der Waals surface area contributed by atoms with Crippen molar-refractivity contribution in [2.24, 2.45) is 0 Å². The maximum Gasteiger partial charge on any atom is 0.133 e. The summed E-state index contributed by atoms with van der Waals surface area (Å²) in [7, 11) is 0. The van der Waals surface area contributed by atoms with Gasteiger partial charge in [-0.05, 0) is 44.4 Å². The first-order chi connectivity index (χ1) is 9.13. The van der Waals surface area contributed by atoms with Crippen molar-refractivity contribution in [2.45, 2.75) is 45.3 Å². The van der Waals surface area contributed by atoms with Gasteiger partial charge in [0.2, 0.25) is 0 Å². The molecular weight excluding hydrogens is 248 g/mol. The van der Waals surface area contributed by atoms with Crippen LogP contribution in [0.15, 0.2) is 12.1 Å². The second-order valence-corrected chi connectivity index (χ2v) is 5.07. The Bertz CT molecular complexity index is 430. The van der Waals surface area contributed by atoms with Crippen LogP contribution in [-0.2, 0) is 4.74 Å². The number of benzene rings is 1. The SMILES string of the molecule is CCNC(CC1CCCO1)c1c(F)ccc(C)c1F. The number of hydrogen-bond acceptors (Lipinski definition) is 2. The summed E-state index contributed by atoms with van der Waals surface area (Å²) in [6.45, 7) is 5.02. The van der Waals surface area contributed by atoms with Gasteiger partial charge >= 0.3 is 0 Å². The lowest BCUT2D eigenvalue weighted by atomic mass is 9.96. The van der Waals surface area contributed by atoms with Crippen LogP contribution in [0, 0.1) is 18.6 Å². The molecule has 0 bridgehead atoms. The molecule has 4 heteroatoms. The van der Waals surface area contributed by atoms with Crippen LogP contribution >= 0.6 is 0 Å². The zero-order valence-electron chi connectivity index (χ0n) is 11.5. The van der Waals surface area contributed by atoms with E-state index in [0.717, 1.165) is 19.4 Å². The Balaban J connectivity index is 2.24. The molecule has 1 aliphatic rings. The largest absolute Gasteiger partial charge is 0.378 e. The molecule has 106 valence electrons. The molecule has 2 rings (SSSR count). The van der Waals surface area contributed by atoms with Crippen LogP contribution in [0.25, 0.3) is 0 Å². The standard InChI is InChI=1S/C15H21F2NO/c1-3-18-13(9-11-5-4-8-19-11)14-12(16)7-6-10(2)15(14)17/h6-7,11,13,18H,3-5,8-9H2,1-2H3. The third-order valence-electron chi connectivity index (χ3n) is 3.64. The monoisotopic (exact) mass is 269 g/mol. The van der Waals surface area contributed by atoms with Crippen molar-refractivity contribution in [3.05, 3.63) is 34.9 Å². The quantitative estimate of drug-likeness (QED) is 0.883. The number of aryl methyl sites for hydroxylation is 1. The Morgan fingerprint density at radius 2 is 2.21 bits per heavy atom. The average molecular weight is 269 g/mol. The van der Waals surface area contributed by atoms with Crippen LogP contribution in [0.4, 0.5) is 8.78 Å². The zero-order valence-corrected chi connectivity index (χ0v) is 11.5. The summed E-state index contributed by atoms with van der Waals surface area (Å²) in [6, 6.07) is 2.49. The second kappa shape index (κ2) is 6.44. The van der Waals surface area contributed by atoms with Gasteiger partial charge in [-0.1, -0.05) is 13.0 Å². The Hall–Kier alpha value is -1.00. The van der Waals surface area contributed by atoms with Crippen molar-refractivity contribution in [2.75, 3.05) is 13.2 Å². The molecule has 1 heterocycles. The minimum Gasteiger partial charge on any atom is -0.378 e. The van der Waals surface area contributed by atoms with E-state index in [0.29, 0.717) is 18.5 Å². The van der Waals surface area contributed by atoms with Crippen molar-refractivity contribution >= 4 is 0 Å². The van der Waals surface area contributed by atoms with Gasteiger partial charge in [0.25, 0.3) is 0 Å². The predicted molar refractivity (Wildman–Crippen MR) is 71.1 cm³/mol. The summed E-state index contributed by atoms with van der Waals surface area (Å²) in [5.41, 5.74) is 0.629. The van der Waals surface area contributed by atoms with Crippen molar-refractivity contribution < 1.29 is 13.5 Å². The lowest BCUT2D eigenvalue weighted by molar-refractivity contribution is 0.0939. The lowest BCUT2D eigenvalue weighted by Gasteiger charge is -2.23. The lowest BCUT2D eigenvalue weighted by Crippen LogP contribution is -2.27. The maximum atomic E-state index is 14.2. The first-order valence-corrected chi connectivity index (χ1v) is 6.93. The topological polar surface area (TPSA) is 21.3 Å². The minimum atomic E-state index is -0.480. The van der Waals surface area contributed by atoms with E-state index in [1.54, 1.807) is 6.92 Å². The summed E-state index contributed by atoms with van der Waals surface area (Å²) in [4.78, 5) is 0. The van der Waals surface area contributed by atoms with Gasteiger partial charge in [0.1, 0.15) is 11.6 Å². The molecule has 0 amide bonds. The molecule has 0 aliphatic carbocycles. The highest BCUT2D eigenvalue weighted by Gasteiger charge is 2.26. The van der Waals surface area contributed by atoms with Crippen molar-refractivity contribution in [3.63, 3.8) is 0 Å². The van der Waals surface area contributed by atoms with Gasteiger partial charge in [-0.3, -0.25) is 0 Å². The van der Waals surface area contributed by atoms with Crippen molar-refractivity contribution in [1.82, 2.24) is 5.32 Å². The molecule has 1 aromatic rings. The highest BCUT2D eigenvalue weighted by atomic mass is 19.1.